The van der Waals surface area contributed by atoms with Crippen molar-refractivity contribution in [1.82, 2.24) is 19.5 Å². The number of furan rings is 1. The largest absolute Gasteiger partial charge is 0.456 e. The zero-order valence-corrected chi connectivity index (χ0v) is 26.9. The van der Waals surface area contributed by atoms with Gasteiger partial charge in [-0.3, -0.25) is 0 Å². The van der Waals surface area contributed by atoms with Crippen molar-refractivity contribution in [2.75, 3.05) is 0 Å². The second-order valence-electron chi connectivity index (χ2n) is 12.5. The summed E-state index contributed by atoms with van der Waals surface area (Å²) >= 11 is 0. The molecule has 0 spiro atoms. The van der Waals surface area contributed by atoms with Crippen molar-refractivity contribution < 1.29 is 4.42 Å². The number of hydrogen-bond acceptors (Lipinski definition) is 4. The molecule has 0 aliphatic carbocycles. The Labute approximate surface area is 287 Å². The molecule has 0 amide bonds. The highest BCUT2D eigenvalue weighted by atomic mass is 16.3. The van der Waals surface area contributed by atoms with Gasteiger partial charge in [0.25, 0.3) is 0 Å². The van der Waals surface area contributed by atoms with Gasteiger partial charge in [-0.25, -0.2) is 15.0 Å². The van der Waals surface area contributed by atoms with E-state index in [2.05, 4.69) is 126 Å². The third-order valence-electron chi connectivity index (χ3n) is 9.47. The molecule has 50 heavy (non-hydrogen) atoms. The lowest BCUT2D eigenvalue weighted by atomic mass is 10.0. The van der Waals surface area contributed by atoms with Crippen LogP contribution in [0.3, 0.4) is 0 Å². The number of hydrogen-bond donors (Lipinski definition) is 0. The Balaban J connectivity index is 1.09. The molecule has 3 aromatic heterocycles. The van der Waals surface area contributed by atoms with Crippen LogP contribution in [-0.4, -0.2) is 19.5 Å². The van der Waals surface area contributed by atoms with Gasteiger partial charge < -0.3 is 8.98 Å². The normalized spacial score (nSPS) is 11.6. The number of fused-ring (bicyclic) bond motifs is 6. The molecule has 0 aliphatic heterocycles. The first kappa shape index (κ1) is 28.2. The fourth-order valence-electron chi connectivity index (χ4n) is 7.04. The first-order valence-corrected chi connectivity index (χ1v) is 16.7. The molecule has 3 heterocycles. The molecule has 7 aromatic carbocycles. The summed E-state index contributed by atoms with van der Waals surface area (Å²) in [6.07, 6.45) is 0. The van der Waals surface area contributed by atoms with E-state index >= 15 is 0 Å². The first-order valence-electron chi connectivity index (χ1n) is 16.7. The zero-order chi connectivity index (χ0) is 33.0. The molecule has 10 rings (SSSR count). The van der Waals surface area contributed by atoms with Gasteiger partial charge >= 0.3 is 0 Å². The Morgan fingerprint density at radius 2 is 0.840 bits per heavy atom. The Kier molecular flexibility index (Phi) is 6.42. The number of benzene rings is 7. The molecule has 0 radical (unpaired) electrons. The molecule has 0 unspecified atom stereocenters. The smallest absolute Gasteiger partial charge is 0.164 e. The molecule has 0 bridgehead atoms. The number of rotatable bonds is 5. The molecule has 5 heteroatoms. The lowest BCUT2D eigenvalue weighted by molar-refractivity contribution is 0.668. The summed E-state index contributed by atoms with van der Waals surface area (Å²) < 4.78 is 8.79. The Morgan fingerprint density at radius 1 is 0.340 bits per heavy atom. The summed E-state index contributed by atoms with van der Waals surface area (Å²) in [6, 6.07) is 58.6. The van der Waals surface area contributed by atoms with E-state index in [4.69, 9.17) is 19.4 Å². The van der Waals surface area contributed by atoms with Crippen molar-refractivity contribution in [3.05, 3.63) is 170 Å². The van der Waals surface area contributed by atoms with E-state index in [1.165, 1.54) is 27.4 Å². The highest BCUT2D eigenvalue weighted by Crippen LogP contribution is 2.37. The molecule has 234 valence electrons. The maximum absolute atomic E-state index is 6.47. The van der Waals surface area contributed by atoms with Gasteiger partial charge in [-0.2, -0.15) is 0 Å². The van der Waals surface area contributed by atoms with Crippen molar-refractivity contribution in [1.29, 1.82) is 0 Å². The van der Waals surface area contributed by atoms with Crippen LogP contribution in [0.25, 0.3) is 94.7 Å². The minimum Gasteiger partial charge on any atom is -0.456 e. The Bertz CT molecular complexity index is 2800. The number of nitrogens with zero attached hydrogens (tertiary/aromatic N) is 4. The summed E-state index contributed by atoms with van der Waals surface area (Å²) in [5, 5.41) is 4.52. The maximum atomic E-state index is 6.47. The van der Waals surface area contributed by atoms with Gasteiger partial charge in [0.2, 0.25) is 0 Å². The minimum absolute atomic E-state index is 0.610. The second kappa shape index (κ2) is 11.4. The van der Waals surface area contributed by atoms with Crippen LogP contribution in [0, 0.1) is 0 Å². The molecule has 0 aliphatic rings. The van der Waals surface area contributed by atoms with E-state index in [-0.39, 0.29) is 0 Å². The van der Waals surface area contributed by atoms with Crippen LogP contribution in [0.1, 0.15) is 0 Å². The van der Waals surface area contributed by atoms with Crippen LogP contribution in [0.4, 0.5) is 0 Å². The Morgan fingerprint density at radius 3 is 1.50 bits per heavy atom. The predicted molar refractivity (Wildman–Crippen MR) is 203 cm³/mol. The molecule has 5 nitrogen and oxygen atoms in total. The van der Waals surface area contributed by atoms with Crippen LogP contribution in [0.5, 0.6) is 0 Å². The highest BCUT2D eigenvalue weighted by Gasteiger charge is 2.17. The molecule has 0 N–H and O–H groups in total. The third kappa shape index (κ3) is 4.67. The maximum Gasteiger partial charge on any atom is 0.164 e. The van der Waals surface area contributed by atoms with Gasteiger partial charge in [0, 0.05) is 50.0 Å². The van der Waals surface area contributed by atoms with E-state index in [0.29, 0.717) is 17.5 Å². The average Bonchev–Trinajstić information content (AvgIpc) is 3.73. The number of para-hydroxylation sites is 2. The van der Waals surface area contributed by atoms with E-state index < -0.39 is 0 Å². The number of aromatic nitrogens is 4. The molecular weight excluding hydrogens is 613 g/mol. The summed E-state index contributed by atoms with van der Waals surface area (Å²) in [6.45, 7) is 0. The van der Waals surface area contributed by atoms with Gasteiger partial charge in [0.15, 0.2) is 17.5 Å². The summed E-state index contributed by atoms with van der Waals surface area (Å²) in [7, 11) is 0. The van der Waals surface area contributed by atoms with Crippen LogP contribution < -0.4 is 0 Å². The molecule has 0 saturated carbocycles. The van der Waals surface area contributed by atoms with Gasteiger partial charge in [-0.05, 0) is 53.6 Å². The SMILES string of the molecule is c1ccc(-c2ccc(-c3nc(-c4ccccc4)nc(-c4ccc5oc6cc(-n7c8ccccc8c8ccccc87)ccc6c5c4)n3)cc2)cc1. The van der Waals surface area contributed by atoms with E-state index in [1.54, 1.807) is 0 Å². The van der Waals surface area contributed by atoms with Crippen molar-refractivity contribution in [2.45, 2.75) is 0 Å². The van der Waals surface area contributed by atoms with Gasteiger partial charge in [-0.15, -0.1) is 0 Å². The lowest BCUT2D eigenvalue weighted by Gasteiger charge is -2.09. The summed E-state index contributed by atoms with van der Waals surface area (Å²) in [5.41, 5.74) is 10.1. The van der Waals surface area contributed by atoms with Gasteiger partial charge in [0.05, 0.1) is 11.0 Å². The molecule has 0 saturated heterocycles. The summed E-state index contributed by atoms with van der Waals surface area (Å²) in [5.74, 6) is 1.87. The van der Waals surface area contributed by atoms with E-state index in [1.807, 2.05) is 48.5 Å². The topological polar surface area (TPSA) is 56.7 Å². The quantitative estimate of drug-likeness (QED) is 0.188. The standard InChI is InChI=1S/C45H28N4O/c1-3-11-29(12-4-1)30-19-21-32(22-20-30)44-46-43(31-13-5-2-6-14-31)47-45(48-44)33-23-26-41-38(27-33)37-25-24-34(28-42(37)50-41)49-39-17-9-7-15-35(39)36-16-8-10-18-40(36)49/h1-28H. The van der Waals surface area contributed by atoms with Gasteiger partial charge in [-0.1, -0.05) is 121 Å². The second-order valence-corrected chi connectivity index (χ2v) is 12.5. The molecular formula is C45H28N4O. The van der Waals surface area contributed by atoms with Gasteiger partial charge in [0.1, 0.15) is 11.2 Å². The van der Waals surface area contributed by atoms with E-state index in [0.717, 1.165) is 49.9 Å². The third-order valence-corrected chi connectivity index (χ3v) is 9.47. The van der Waals surface area contributed by atoms with Crippen LogP contribution in [0.15, 0.2) is 174 Å². The van der Waals surface area contributed by atoms with Crippen molar-refractivity contribution in [3.63, 3.8) is 0 Å². The van der Waals surface area contributed by atoms with Crippen LogP contribution in [0.2, 0.25) is 0 Å². The fourth-order valence-corrected chi connectivity index (χ4v) is 7.04. The zero-order valence-electron chi connectivity index (χ0n) is 26.9. The summed E-state index contributed by atoms with van der Waals surface area (Å²) in [4.78, 5) is 14.9. The highest BCUT2D eigenvalue weighted by molar-refractivity contribution is 6.10. The fraction of sp³-hybridized carbons (Fsp3) is 0. The monoisotopic (exact) mass is 640 g/mol. The molecule has 0 atom stereocenters. The predicted octanol–water partition coefficient (Wildman–Crippen LogP) is 11.5. The Hall–Kier alpha value is -6.85. The van der Waals surface area contributed by atoms with Crippen molar-refractivity contribution in [2.24, 2.45) is 0 Å². The molecule has 10 aromatic rings. The first-order chi connectivity index (χ1) is 24.8. The minimum atomic E-state index is 0.610. The van der Waals surface area contributed by atoms with Crippen molar-refractivity contribution in [3.8, 4) is 51.0 Å². The average molecular weight is 641 g/mol. The lowest BCUT2D eigenvalue weighted by Crippen LogP contribution is -2.00. The van der Waals surface area contributed by atoms with E-state index in [9.17, 15) is 0 Å². The molecule has 0 fully saturated rings. The van der Waals surface area contributed by atoms with Crippen LogP contribution >= 0.6 is 0 Å². The van der Waals surface area contributed by atoms with Crippen LogP contribution in [-0.2, 0) is 0 Å². The van der Waals surface area contributed by atoms with Crippen molar-refractivity contribution >= 4 is 43.7 Å².